The summed E-state index contributed by atoms with van der Waals surface area (Å²) in [4.78, 5) is 18.2. The number of benzene rings is 1. The van der Waals surface area contributed by atoms with Gasteiger partial charge >= 0.3 is 0 Å². The number of carbonyl (C=O) groups is 1. The Bertz CT molecular complexity index is 969. The Morgan fingerprint density at radius 2 is 2.21 bits per heavy atom. The molecule has 142 valence electrons. The Labute approximate surface area is 161 Å². The average Bonchev–Trinajstić information content (AvgIpc) is 3.34. The standard InChI is InChI=1S/C19H18N6O3/c20-6-13-1-2-15(28-16-9-27-10-16)5-17(13)25-8-18(22-12-25)23-19(26)14-3-4-24(7-14)11-21/h1-2,5,8,12,14,16H,3-4,7,9-10H2,(H,23,26)/t14-/m0/s1. The monoisotopic (exact) mass is 378 g/mol. The number of aromatic nitrogens is 2. The van der Waals surface area contributed by atoms with Gasteiger partial charge in [0.15, 0.2) is 12.0 Å². The van der Waals surface area contributed by atoms with Gasteiger partial charge in [-0.1, -0.05) is 0 Å². The van der Waals surface area contributed by atoms with E-state index in [0.717, 1.165) is 0 Å². The fourth-order valence-electron chi connectivity index (χ4n) is 3.18. The molecule has 1 atom stereocenters. The molecule has 9 heteroatoms. The molecule has 0 spiro atoms. The fraction of sp³-hybridized carbons (Fsp3) is 0.368. The van der Waals surface area contributed by atoms with Gasteiger partial charge in [-0.25, -0.2) is 4.98 Å². The highest BCUT2D eigenvalue weighted by Gasteiger charge is 2.28. The number of nitrogens with zero attached hydrogens (tertiary/aromatic N) is 5. The SMILES string of the molecule is N#Cc1ccc(OC2COC2)cc1-n1cnc(NC(=O)[C@H]2CCN(C#N)C2)c1. The summed E-state index contributed by atoms with van der Waals surface area (Å²) in [6.45, 7) is 2.13. The Morgan fingerprint density at radius 1 is 1.36 bits per heavy atom. The fourth-order valence-corrected chi connectivity index (χ4v) is 3.18. The molecule has 4 rings (SSSR count). The smallest absolute Gasteiger partial charge is 0.230 e. The molecule has 0 bridgehead atoms. The Kier molecular flexibility index (Phi) is 4.83. The number of hydrogen-bond donors (Lipinski definition) is 1. The predicted octanol–water partition coefficient (Wildman–Crippen LogP) is 1.26. The van der Waals surface area contributed by atoms with Crippen molar-refractivity contribution in [2.45, 2.75) is 12.5 Å². The minimum absolute atomic E-state index is 0.0257. The molecule has 1 N–H and O–H groups in total. The van der Waals surface area contributed by atoms with Crippen molar-refractivity contribution in [2.24, 2.45) is 5.92 Å². The number of nitriles is 2. The molecule has 0 saturated carbocycles. The maximum Gasteiger partial charge on any atom is 0.230 e. The van der Waals surface area contributed by atoms with Gasteiger partial charge in [-0.15, -0.1) is 0 Å². The van der Waals surface area contributed by atoms with Gasteiger partial charge in [-0.2, -0.15) is 10.5 Å². The van der Waals surface area contributed by atoms with Crippen LogP contribution < -0.4 is 10.1 Å². The molecule has 2 aromatic rings. The van der Waals surface area contributed by atoms with Crippen LogP contribution in [0.25, 0.3) is 5.69 Å². The van der Waals surface area contributed by atoms with Gasteiger partial charge in [-0.3, -0.25) is 4.79 Å². The van der Waals surface area contributed by atoms with Gasteiger partial charge < -0.3 is 24.3 Å². The minimum Gasteiger partial charge on any atom is -0.486 e. The van der Waals surface area contributed by atoms with E-state index in [4.69, 9.17) is 14.7 Å². The number of amides is 1. The van der Waals surface area contributed by atoms with Crippen molar-refractivity contribution >= 4 is 11.7 Å². The number of carbonyl (C=O) groups excluding carboxylic acids is 1. The van der Waals surface area contributed by atoms with Gasteiger partial charge in [0.05, 0.1) is 36.6 Å². The minimum atomic E-state index is -0.235. The lowest BCUT2D eigenvalue weighted by Crippen LogP contribution is -2.38. The largest absolute Gasteiger partial charge is 0.486 e. The predicted molar refractivity (Wildman–Crippen MR) is 97.4 cm³/mol. The van der Waals surface area contributed by atoms with Gasteiger partial charge in [0.25, 0.3) is 0 Å². The summed E-state index contributed by atoms with van der Waals surface area (Å²) in [6, 6.07) is 7.37. The molecule has 2 aliphatic heterocycles. The van der Waals surface area contributed by atoms with Gasteiger partial charge in [-0.05, 0) is 18.6 Å². The van der Waals surface area contributed by atoms with Crippen LogP contribution in [0, 0.1) is 28.7 Å². The maximum atomic E-state index is 12.4. The molecule has 28 heavy (non-hydrogen) atoms. The highest BCUT2D eigenvalue weighted by Crippen LogP contribution is 2.25. The second kappa shape index (κ2) is 7.59. The van der Waals surface area contributed by atoms with Crippen molar-refractivity contribution in [3.8, 4) is 23.7 Å². The molecule has 1 aromatic heterocycles. The van der Waals surface area contributed by atoms with Crippen molar-refractivity contribution in [3.63, 3.8) is 0 Å². The lowest BCUT2D eigenvalue weighted by atomic mass is 10.1. The first-order valence-electron chi connectivity index (χ1n) is 8.94. The molecule has 9 nitrogen and oxygen atoms in total. The number of anilines is 1. The molecule has 1 amide bonds. The summed E-state index contributed by atoms with van der Waals surface area (Å²) in [7, 11) is 0. The van der Waals surface area contributed by atoms with Crippen molar-refractivity contribution < 1.29 is 14.3 Å². The molecule has 0 unspecified atom stereocenters. The maximum absolute atomic E-state index is 12.4. The molecule has 1 aromatic carbocycles. The van der Waals surface area contributed by atoms with E-state index in [2.05, 4.69) is 22.6 Å². The average molecular weight is 378 g/mol. The molecule has 2 saturated heterocycles. The summed E-state index contributed by atoms with van der Waals surface area (Å²) in [5.74, 6) is 0.638. The summed E-state index contributed by atoms with van der Waals surface area (Å²) >= 11 is 0. The van der Waals surface area contributed by atoms with Gasteiger partial charge in [0.1, 0.15) is 24.3 Å². The number of imidazole rings is 1. The van der Waals surface area contributed by atoms with Crippen molar-refractivity contribution in [1.82, 2.24) is 14.5 Å². The second-order valence-electron chi connectivity index (χ2n) is 6.76. The molecule has 2 aliphatic rings. The van der Waals surface area contributed by atoms with Crippen molar-refractivity contribution in [2.75, 3.05) is 31.6 Å². The lowest BCUT2D eigenvalue weighted by Gasteiger charge is -2.27. The van der Waals surface area contributed by atoms with E-state index in [1.807, 2.05) is 0 Å². The number of ether oxygens (including phenoxy) is 2. The van der Waals surface area contributed by atoms with Gasteiger partial charge in [0, 0.05) is 19.2 Å². The van der Waals surface area contributed by atoms with E-state index in [9.17, 15) is 10.1 Å². The second-order valence-corrected chi connectivity index (χ2v) is 6.76. The zero-order chi connectivity index (χ0) is 19.5. The molecule has 2 fully saturated rings. The lowest BCUT2D eigenvalue weighted by molar-refractivity contribution is -0.119. The van der Waals surface area contributed by atoms with Crippen LogP contribution in [-0.2, 0) is 9.53 Å². The zero-order valence-corrected chi connectivity index (χ0v) is 15.0. The summed E-state index contributed by atoms with van der Waals surface area (Å²) in [5, 5.41) is 21.1. The summed E-state index contributed by atoms with van der Waals surface area (Å²) in [6.07, 6.45) is 5.92. The van der Waals surface area contributed by atoms with E-state index in [-0.39, 0.29) is 17.9 Å². The number of nitrogens with one attached hydrogen (secondary N) is 1. The van der Waals surface area contributed by atoms with E-state index in [1.165, 1.54) is 6.33 Å². The third kappa shape index (κ3) is 3.61. The quantitative estimate of drug-likeness (QED) is 0.779. The van der Waals surface area contributed by atoms with Crippen LogP contribution in [-0.4, -0.2) is 52.8 Å². The molecule has 0 radical (unpaired) electrons. The van der Waals surface area contributed by atoms with Crippen LogP contribution in [0.4, 0.5) is 5.82 Å². The van der Waals surface area contributed by atoms with Gasteiger partial charge in [0.2, 0.25) is 5.91 Å². The highest BCUT2D eigenvalue weighted by atomic mass is 16.6. The highest BCUT2D eigenvalue weighted by molar-refractivity contribution is 5.92. The summed E-state index contributed by atoms with van der Waals surface area (Å²) < 4.78 is 12.6. The van der Waals surface area contributed by atoms with Crippen LogP contribution >= 0.6 is 0 Å². The van der Waals surface area contributed by atoms with E-state index in [0.29, 0.717) is 55.5 Å². The van der Waals surface area contributed by atoms with Crippen LogP contribution in [0.3, 0.4) is 0 Å². The molecular weight excluding hydrogens is 360 g/mol. The molecule has 0 aliphatic carbocycles. The van der Waals surface area contributed by atoms with Crippen molar-refractivity contribution in [3.05, 3.63) is 36.3 Å². The normalized spacial score (nSPS) is 18.8. The first kappa shape index (κ1) is 17.8. The summed E-state index contributed by atoms with van der Waals surface area (Å²) in [5.41, 5.74) is 1.08. The zero-order valence-electron chi connectivity index (χ0n) is 15.0. The van der Waals surface area contributed by atoms with Crippen LogP contribution in [0.15, 0.2) is 30.7 Å². The first-order valence-corrected chi connectivity index (χ1v) is 8.94. The van der Waals surface area contributed by atoms with Crippen LogP contribution in [0.5, 0.6) is 5.75 Å². The van der Waals surface area contributed by atoms with E-state index in [1.54, 1.807) is 33.9 Å². The first-order chi connectivity index (χ1) is 13.7. The number of likely N-dealkylation sites (tertiary alicyclic amines) is 1. The van der Waals surface area contributed by atoms with Crippen LogP contribution in [0.1, 0.15) is 12.0 Å². The Hall–Kier alpha value is -3.56. The molecule has 3 heterocycles. The topological polar surface area (TPSA) is 116 Å². The van der Waals surface area contributed by atoms with Crippen molar-refractivity contribution in [1.29, 1.82) is 10.5 Å². The molecular formula is C19H18N6O3. The Balaban J connectivity index is 1.49. The number of hydrogen-bond acceptors (Lipinski definition) is 7. The third-order valence-electron chi connectivity index (χ3n) is 4.81. The van der Waals surface area contributed by atoms with E-state index >= 15 is 0 Å². The number of rotatable bonds is 5. The third-order valence-corrected chi connectivity index (χ3v) is 4.81. The van der Waals surface area contributed by atoms with Crippen LogP contribution in [0.2, 0.25) is 0 Å². The Morgan fingerprint density at radius 3 is 2.89 bits per heavy atom. The van der Waals surface area contributed by atoms with E-state index < -0.39 is 0 Å².